The molecule has 0 amide bonds. The van der Waals surface area contributed by atoms with Crippen LogP contribution >= 0.6 is 0 Å². The molecule has 146 valence electrons. The standard InChI is InChI=1S/C24H22N2O3/c1-27-22-13-12-17(14-23(22)28-2)24-26-20(18-10-6-7-11-21(18)29-24)15-19(25-26)16-8-4-3-5-9-16/h3-14,20,24H,15H2,1-2H3/t20-,24-/m0/s1. The number of hydrogen-bond acceptors (Lipinski definition) is 5. The zero-order chi connectivity index (χ0) is 19.8. The van der Waals surface area contributed by atoms with Crippen molar-refractivity contribution < 1.29 is 14.2 Å². The molecule has 5 rings (SSSR count). The van der Waals surface area contributed by atoms with Crippen LogP contribution in [0.2, 0.25) is 0 Å². The van der Waals surface area contributed by atoms with E-state index in [1.807, 2.05) is 48.5 Å². The highest BCUT2D eigenvalue weighted by Crippen LogP contribution is 2.48. The fourth-order valence-corrected chi connectivity index (χ4v) is 4.07. The second-order valence-corrected chi connectivity index (χ2v) is 7.14. The minimum atomic E-state index is -0.337. The van der Waals surface area contributed by atoms with Crippen molar-refractivity contribution in [2.45, 2.75) is 18.7 Å². The summed E-state index contributed by atoms with van der Waals surface area (Å²) < 4.78 is 17.3. The van der Waals surface area contributed by atoms with E-state index < -0.39 is 0 Å². The molecule has 3 aromatic rings. The first-order valence-corrected chi connectivity index (χ1v) is 9.67. The van der Waals surface area contributed by atoms with Gasteiger partial charge < -0.3 is 14.2 Å². The Morgan fingerprint density at radius 3 is 2.45 bits per heavy atom. The summed E-state index contributed by atoms with van der Waals surface area (Å²) in [4.78, 5) is 0. The van der Waals surface area contributed by atoms with Crippen molar-refractivity contribution in [1.29, 1.82) is 0 Å². The van der Waals surface area contributed by atoms with Crippen LogP contribution in [0.1, 0.15) is 35.4 Å². The number of methoxy groups -OCH3 is 2. The molecule has 0 N–H and O–H groups in total. The van der Waals surface area contributed by atoms with E-state index in [0.29, 0.717) is 11.5 Å². The van der Waals surface area contributed by atoms with E-state index >= 15 is 0 Å². The van der Waals surface area contributed by atoms with Gasteiger partial charge >= 0.3 is 0 Å². The molecule has 5 heteroatoms. The summed E-state index contributed by atoms with van der Waals surface area (Å²) in [5.41, 5.74) is 4.35. The van der Waals surface area contributed by atoms with Crippen molar-refractivity contribution in [3.05, 3.63) is 89.5 Å². The molecule has 0 saturated heterocycles. The van der Waals surface area contributed by atoms with Crippen molar-refractivity contribution in [1.82, 2.24) is 5.01 Å². The Bertz CT molecular complexity index is 1060. The van der Waals surface area contributed by atoms with Crippen LogP contribution in [0.15, 0.2) is 77.9 Å². The van der Waals surface area contributed by atoms with Crippen LogP contribution in [0.4, 0.5) is 0 Å². The van der Waals surface area contributed by atoms with Gasteiger partial charge in [-0.2, -0.15) is 5.10 Å². The smallest absolute Gasteiger partial charge is 0.214 e. The third-order valence-corrected chi connectivity index (χ3v) is 5.50. The monoisotopic (exact) mass is 386 g/mol. The molecule has 2 atom stereocenters. The molecule has 0 spiro atoms. The quantitative estimate of drug-likeness (QED) is 0.637. The summed E-state index contributed by atoms with van der Waals surface area (Å²) >= 11 is 0. The Morgan fingerprint density at radius 1 is 0.897 bits per heavy atom. The molecule has 0 radical (unpaired) electrons. The Balaban J connectivity index is 1.59. The van der Waals surface area contributed by atoms with Crippen LogP contribution < -0.4 is 14.2 Å². The normalized spacial score (nSPS) is 19.7. The molecule has 0 aromatic heterocycles. The molecule has 29 heavy (non-hydrogen) atoms. The van der Waals surface area contributed by atoms with Gasteiger partial charge in [0.2, 0.25) is 6.23 Å². The van der Waals surface area contributed by atoms with Gasteiger partial charge in [-0.1, -0.05) is 48.5 Å². The van der Waals surface area contributed by atoms with Crippen LogP contribution in [0.5, 0.6) is 17.2 Å². The van der Waals surface area contributed by atoms with Gasteiger partial charge in [0, 0.05) is 17.5 Å². The molecular weight excluding hydrogens is 364 g/mol. The lowest BCUT2D eigenvalue weighted by molar-refractivity contribution is -0.0191. The van der Waals surface area contributed by atoms with Gasteiger partial charge in [-0.25, -0.2) is 5.01 Å². The average Bonchev–Trinajstić information content (AvgIpc) is 3.24. The van der Waals surface area contributed by atoms with Crippen LogP contribution in [-0.2, 0) is 0 Å². The average molecular weight is 386 g/mol. The minimum Gasteiger partial charge on any atom is -0.493 e. The van der Waals surface area contributed by atoms with Crippen molar-refractivity contribution in [2.24, 2.45) is 5.10 Å². The summed E-state index contributed by atoms with van der Waals surface area (Å²) in [6.07, 6.45) is 0.504. The van der Waals surface area contributed by atoms with Gasteiger partial charge in [0.25, 0.3) is 0 Å². The molecule has 0 fully saturated rings. The molecule has 0 bridgehead atoms. The summed E-state index contributed by atoms with van der Waals surface area (Å²) in [7, 11) is 3.28. The van der Waals surface area contributed by atoms with Gasteiger partial charge in [0.05, 0.1) is 26.0 Å². The largest absolute Gasteiger partial charge is 0.493 e. The Morgan fingerprint density at radius 2 is 1.66 bits per heavy atom. The van der Waals surface area contributed by atoms with E-state index in [9.17, 15) is 0 Å². The fourth-order valence-electron chi connectivity index (χ4n) is 4.07. The van der Waals surface area contributed by atoms with E-state index in [1.54, 1.807) is 14.2 Å². The van der Waals surface area contributed by atoms with Gasteiger partial charge in [0.15, 0.2) is 11.5 Å². The highest BCUT2D eigenvalue weighted by Gasteiger charge is 2.41. The third kappa shape index (κ3) is 2.99. The van der Waals surface area contributed by atoms with Gasteiger partial charge in [0.1, 0.15) is 5.75 Å². The predicted molar refractivity (Wildman–Crippen MR) is 112 cm³/mol. The Hall–Kier alpha value is -3.47. The number of para-hydroxylation sites is 1. The number of fused-ring (bicyclic) bond motifs is 3. The molecule has 2 heterocycles. The first-order chi connectivity index (χ1) is 14.3. The van der Waals surface area contributed by atoms with Crippen LogP contribution in [-0.4, -0.2) is 24.9 Å². The number of benzene rings is 3. The number of hydrogen-bond donors (Lipinski definition) is 0. The first-order valence-electron chi connectivity index (χ1n) is 9.67. The summed E-state index contributed by atoms with van der Waals surface area (Å²) in [6, 6.07) is 24.6. The lowest BCUT2D eigenvalue weighted by atomic mass is 9.96. The topological polar surface area (TPSA) is 43.3 Å². The van der Waals surface area contributed by atoms with Crippen molar-refractivity contribution in [3.8, 4) is 17.2 Å². The third-order valence-electron chi connectivity index (χ3n) is 5.50. The maximum absolute atomic E-state index is 6.41. The van der Waals surface area contributed by atoms with E-state index in [2.05, 4.69) is 29.3 Å². The van der Waals surface area contributed by atoms with Crippen LogP contribution in [0.3, 0.4) is 0 Å². The highest BCUT2D eigenvalue weighted by molar-refractivity contribution is 6.01. The zero-order valence-corrected chi connectivity index (χ0v) is 16.4. The number of hydrazone groups is 1. The number of nitrogens with zero attached hydrogens (tertiary/aromatic N) is 2. The number of ether oxygens (including phenoxy) is 3. The maximum atomic E-state index is 6.41. The number of rotatable bonds is 4. The van der Waals surface area contributed by atoms with Gasteiger partial charge in [-0.15, -0.1) is 0 Å². The lowest BCUT2D eigenvalue weighted by Gasteiger charge is -2.38. The predicted octanol–water partition coefficient (Wildman–Crippen LogP) is 4.95. The minimum absolute atomic E-state index is 0.133. The molecule has 0 saturated carbocycles. The summed E-state index contributed by atoms with van der Waals surface area (Å²) in [6.45, 7) is 0. The van der Waals surface area contributed by atoms with Gasteiger partial charge in [-0.05, 0) is 29.8 Å². The van der Waals surface area contributed by atoms with Crippen molar-refractivity contribution in [2.75, 3.05) is 14.2 Å². The molecule has 0 unspecified atom stereocenters. The summed E-state index contributed by atoms with van der Waals surface area (Å²) in [5, 5.41) is 7.06. The molecule has 3 aromatic carbocycles. The van der Waals surface area contributed by atoms with Crippen molar-refractivity contribution >= 4 is 5.71 Å². The molecule has 2 aliphatic rings. The molecule has 5 nitrogen and oxygen atoms in total. The SMILES string of the molecule is COc1ccc([C@@H]2Oc3ccccc3[C@@H]3CC(c4ccccc4)=NN32)cc1OC. The fraction of sp³-hybridized carbons (Fsp3) is 0.208. The maximum Gasteiger partial charge on any atom is 0.214 e. The second-order valence-electron chi connectivity index (χ2n) is 7.14. The van der Waals surface area contributed by atoms with Gasteiger partial charge in [-0.3, -0.25) is 0 Å². The first kappa shape index (κ1) is 17.6. The van der Waals surface area contributed by atoms with Crippen LogP contribution in [0.25, 0.3) is 0 Å². The summed E-state index contributed by atoms with van der Waals surface area (Å²) in [5.74, 6) is 2.27. The lowest BCUT2D eigenvalue weighted by Crippen LogP contribution is -2.33. The Kier molecular flexibility index (Phi) is 4.35. The molecular formula is C24H22N2O3. The van der Waals surface area contributed by atoms with E-state index in [-0.39, 0.29) is 12.3 Å². The van der Waals surface area contributed by atoms with Crippen molar-refractivity contribution in [3.63, 3.8) is 0 Å². The highest BCUT2D eigenvalue weighted by atomic mass is 16.5. The van der Waals surface area contributed by atoms with E-state index in [4.69, 9.17) is 19.3 Å². The zero-order valence-electron chi connectivity index (χ0n) is 16.4. The molecule has 0 aliphatic carbocycles. The second kappa shape index (κ2) is 7.17. The van der Waals surface area contributed by atoms with Crippen LogP contribution in [0, 0.1) is 0 Å². The van der Waals surface area contributed by atoms with E-state index in [1.165, 1.54) is 5.56 Å². The van der Waals surface area contributed by atoms with E-state index in [0.717, 1.165) is 29.0 Å². The Labute approximate surface area is 170 Å². The molecule has 2 aliphatic heterocycles.